The van der Waals surface area contributed by atoms with Crippen molar-refractivity contribution in [1.29, 1.82) is 0 Å². The lowest BCUT2D eigenvalue weighted by Crippen LogP contribution is -2.51. The van der Waals surface area contributed by atoms with Crippen LogP contribution in [-0.4, -0.2) is 87.1 Å². The van der Waals surface area contributed by atoms with Gasteiger partial charge in [0.05, 0.1) is 58.5 Å². The number of hydrogen-bond donors (Lipinski definition) is 4. The summed E-state index contributed by atoms with van der Waals surface area (Å²) in [5.41, 5.74) is 6.07. The Kier molecular flexibility index (Phi) is 11.4. The van der Waals surface area contributed by atoms with Crippen molar-refractivity contribution in [2.24, 2.45) is 5.92 Å². The molecule has 2 unspecified atom stereocenters. The molecule has 4 atom stereocenters. The number of nitrogens with one attached hydrogen (secondary N) is 4. The van der Waals surface area contributed by atoms with Crippen LogP contribution < -0.4 is 10.6 Å². The number of aromatic nitrogens is 4. The van der Waals surface area contributed by atoms with E-state index in [9.17, 15) is 19.2 Å². The highest BCUT2D eigenvalue weighted by atomic mass is 32.1. The van der Waals surface area contributed by atoms with Gasteiger partial charge in [-0.1, -0.05) is 56.2 Å². The minimum absolute atomic E-state index is 0.114. The molecule has 0 spiro atoms. The van der Waals surface area contributed by atoms with Crippen LogP contribution in [0.3, 0.4) is 0 Å². The van der Waals surface area contributed by atoms with Gasteiger partial charge in [0, 0.05) is 29.4 Å². The van der Waals surface area contributed by atoms with Gasteiger partial charge in [-0.3, -0.25) is 9.59 Å². The standard InChI is InChI=1S/C43H44N8O6S2/c1-24(2)34(48-42(54)56-3)40(52)51-19-9-13-33(51)39-46-30-17-15-26(20-31(30)47-39)29-23-59-36-27(22-58-37(29)36)14-16-28-21-44-38(45-28)32-12-8-18-50(32)41(53)35(49-43(55)57-4)25-10-6-5-7-11-25/h5-7,10-11,15,17,20-24,32-35H,8-9,12-13,18-19H2,1-4H3,(H,44,45)(H,46,47)(H,48,54)(H,49,55)/t32?,33?,34-,35-/m1/s1. The molecule has 2 aromatic carbocycles. The second kappa shape index (κ2) is 17.0. The first-order chi connectivity index (χ1) is 28.6. The molecule has 0 aliphatic carbocycles. The first kappa shape index (κ1) is 39.6. The molecule has 4 amide bonds. The summed E-state index contributed by atoms with van der Waals surface area (Å²) in [7, 11) is 2.57. The van der Waals surface area contributed by atoms with Crippen LogP contribution >= 0.6 is 22.7 Å². The number of H-pyrrole nitrogens is 2. The molecule has 4 aromatic heterocycles. The van der Waals surface area contributed by atoms with Crippen molar-refractivity contribution >= 4 is 67.1 Å². The predicted molar refractivity (Wildman–Crippen MR) is 226 cm³/mol. The van der Waals surface area contributed by atoms with Gasteiger partial charge in [-0.15, -0.1) is 22.7 Å². The Bertz CT molecular complexity index is 2580. The van der Waals surface area contributed by atoms with Gasteiger partial charge in [0.25, 0.3) is 5.91 Å². The molecule has 2 saturated heterocycles. The van der Waals surface area contributed by atoms with Crippen molar-refractivity contribution in [1.82, 2.24) is 40.4 Å². The molecule has 6 aromatic rings. The first-order valence-corrected chi connectivity index (χ1v) is 21.3. The molecular weight excluding hydrogens is 789 g/mol. The number of fused-ring (bicyclic) bond motifs is 2. The largest absolute Gasteiger partial charge is 0.453 e. The lowest BCUT2D eigenvalue weighted by molar-refractivity contribution is -0.135. The second-order valence-corrected chi connectivity index (χ2v) is 16.7. The Morgan fingerprint density at radius 3 is 2.25 bits per heavy atom. The maximum Gasteiger partial charge on any atom is 0.407 e. The van der Waals surface area contributed by atoms with Crippen LogP contribution in [0, 0.1) is 17.8 Å². The summed E-state index contributed by atoms with van der Waals surface area (Å²) < 4.78 is 11.8. The maximum absolute atomic E-state index is 13.9. The molecular formula is C43H44N8O6S2. The van der Waals surface area contributed by atoms with E-state index >= 15 is 0 Å². The van der Waals surface area contributed by atoms with E-state index in [-0.39, 0.29) is 29.8 Å². The molecule has 14 nitrogen and oxygen atoms in total. The summed E-state index contributed by atoms with van der Waals surface area (Å²) in [6, 6.07) is 13.2. The van der Waals surface area contributed by atoms with Crippen molar-refractivity contribution in [3.8, 4) is 23.0 Å². The number of imidazole rings is 2. The highest BCUT2D eigenvalue weighted by molar-refractivity contribution is 7.27. The first-order valence-electron chi connectivity index (χ1n) is 19.5. The number of benzene rings is 2. The van der Waals surface area contributed by atoms with Crippen molar-refractivity contribution in [2.75, 3.05) is 27.3 Å². The normalized spacial score (nSPS) is 17.5. The van der Waals surface area contributed by atoms with Crippen LogP contribution in [0.4, 0.5) is 9.59 Å². The fourth-order valence-electron chi connectivity index (χ4n) is 7.95. The van der Waals surface area contributed by atoms with E-state index in [2.05, 4.69) is 60.3 Å². The number of ether oxygens (including phenoxy) is 2. The third-order valence-corrected chi connectivity index (χ3v) is 13.1. The monoisotopic (exact) mass is 832 g/mol. The Labute approximate surface area is 348 Å². The third-order valence-electron chi connectivity index (χ3n) is 10.9. The molecule has 4 N–H and O–H groups in total. The molecule has 16 heteroatoms. The number of hydrogen-bond acceptors (Lipinski definition) is 10. The number of nitrogens with zero attached hydrogens (tertiary/aromatic N) is 4. The zero-order valence-electron chi connectivity index (χ0n) is 33.0. The number of carbonyl (C=O) groups is 4. The van der Waals surface area contributed by atoms with E-state index in [1.165, 1.54) is 14.2 Å². The quantitative estimate of drug-likeness (QED) is 0.109. The molecule has 59 heavy (non-hydrogen) atoms. The number of amides is 4. The fraction of sp³-hybridized carbons (Fsp3) is 0.349. The van der Waals surface area contributed by atoms with Gasteiger partial charge >= 0.3 is 12.2 Å². The number of methoxy groups -OCH3 is 2. The van der Waals surface area contributed by atoms with E-state index in [0.717, 1.165) is 68.6 Å². The van der Waals surface area contributed by atoms with Crippen LogP contribution in [0.15, 0.2) is 65.5 Å². The van der Waals surface area contributed by atoms with E-state index < -0.39 is 24.3 Å². The van der Waals surface area contributed by atoms with Crippen LogP contribution in [0.1, 0.15) is 86.1 Å². The van der Waals surface area contributed by atoms with E-state index in [1.807, 2.05) is 55.1 Å². The Hall–Kier alpha value is -6.18. The van der Waals surface area contributed by atoms with Gasteiger partial charge in [0.15, 0.2) is 0 Å². The van der Waals surface area contributed by atoms with Gasteiger partial charge < -0.3 is 39.9 Å². The number of likely N-dealkylation sites (tertiary alicyclic amines) is 2. The van der Waals surface area contributed by atoms with Gasteiger partial charge in [0.2, 0.25) is 5.91 Å². The Morgan fingerprint density at radius 1 is 0.831 bits per heavy atom. The summed E-state index contributed by atoms with van der Waals surface area (Å²) in [6.07, 6.45) is 3.54. The smallest absolute Gasteiger partial charge is 0.407 e. The van der Waals surface area contributed by atoms with Crippen LogP contribution in [0.2, 0.25) is 0 Å². The molecule has 2 aliphatic rings. The van der Waals surface area contributed by atoms with Gasteiger partial charge in [-0.2, -0.15) is 0 Å². The number of rotatable bonds is 9. The Balaban J connectivity index is 0.981. The lowest BCUT2D eigenvalue weighted by atomic mass is 10.0. The fourth-order valence-corrected chi connectivity index (χ4v) is 10.3. The molecule has 2 aliphatic heterocycles. The van der Waals surface area contributed by atoms with Gasteiger partial charge in [-0.05, 0) is 60.8 Å². The molecule has 0 radical (unpaired) electrons. The number of aromatic amines is 2. The minimum Gasteiger partial charge on any atom is -0.453 e. The van der Waals surface area contributed by atoms with Crippen molar-refractivity contribution in [2.45, 2.75) is 63.7 Å². The van der Waals surface area contributed by atoms with Crippen LogP contribution in [0.25, 0.3) is 31.6 Å². The molecule has 8 rings (SSSR count). The molecule has 6 heterocycles. The van der Waals surface area contributed by atoms with Crippen molar-refractivity contribution in [3.63, 3.8) is 0 Å². The van der Waals surface area contributed by atoms with Crippen molar-refractivity contribution in [3.05, 3.63) is 94.0 Å². The van der Waals surface area contributed by atoms with Gasteiger partial charge in [0.1, 0.15) is 29.4 Å². The lowest BCUT2D eigenvalue weighted by Gasteiger charge is -2.29. The second-order valence-electron chi connectivity index (χ2n) is 15.0. The summed E-state index contributed by atoms with van der Waals surface area (Å²) in [5, 5.41) is 9.63. The summed E-state index contributed by atoms with van der Waals surface area (Å²) in [5.74, 6) is 7.48. The van der Waals surface area contributed by atoms with Crippen molar-refractivity contribution < 1.29 is 28.7 Å². The SMILES string of the molecule is COC(=O)N[C@@H](C(=O)N1CCCC1c1ncc(C#Cc2csc3c(-c4ccc5[nH]c(C6CCCN6C(=O)[C@H](NC(=O)OC)C(C)C)nc5c4)csc23)[nH]1)c1ccccc1. The zero-order chi connectivity index (χ0) is 41.2. The average Bonchev–Trinajstić information content (AvgIpc) is 4.11. The Morgan fingerprint density at radius 2 is 1.53 bits per heavy atom. The maximum atomic E-state index is 13.9. The number of carbonyl (C=O) groups excluding carboxylic acids is 4. The number of thiophene rings is 2. The highest BCUT2D eigenvalue weighted by Crippen LogP contribution is 2.41. The molecule has 0 saturated carbocycles. The minimum atomic E-state index is -0.893. The molecule has 304 valence electrons. The highest BCUT2D eigenvalue weighted by Gasteiger charge is 2.39. The van der Waals surface area contributed by atoms with Crippen LogP contribution in [0.5, 0.6) is 0 Å². The topological polar surface area (TPSA) is 175 Å². The molecule has 2 fully saturated rings. The number of alkyl carbamates (subject to hydrolysis) is 2. The van der Waals surface area contributed by atoms with E-state index in [0.29, 0.717) is 30.2 Å². The van der Waals surface area contributed by atoms with E-state index in [1.54, 1.807) is 33.8 Å². The van der Waals surface area contributed by atoms with E-state index in [4.69, 9.17) is 14.5 Å². The summed E-state index contributed by atoms with van der Waals surface area (Å²) in [4.78, 5) is 71.8. The summed E-state index contributed by atoms with van der Waals surface area (Å²) in [6.45, 7) is 4.93. The average molecular weight is 833 g/mol. The van der Waals surface area contributed by atoms with Gasteiger partial charge in [-0.25, -0.2) is 19.6 Å². The molecule has 0 bridgehead atoms. The summed E-state index contributed by atoms with van der Waals surface area (Å²) >= 11 is 3.29. The predicted octanol–water partition coefficient (Wildman–Crippen LogP) is 7.43. The third kappa shape index (κ3) is 8.00. The zero-order valence-corrected chi connectivity index (χ0v) is 34.7. The van der Waals surface area contributed by atoms with Crippen LogP contribution in [-0.2, 0) is 19.1 Å².